The molecular formula is C26H23F4N3O3. The van der Waals surface area contributed by atoms with Gasteiger partial charge in [0.05, 0.1) is 17.2 Å². The van der Waals surface area contributed by atoms with E-state index in [2.05, 4.69) is 10.2 Å². The highest BCUT2D eigenvalue weighted by Gasteiger charge is 2.43. The first-order chi connectivity index (χ1) is 17.1. The normalized spacial score (nSPS) is 18.3. The Labute approximate surface area is 203 Å². The van der Waals surface area contributed by atoms with Gasteiger partial charge in [-0.2, -0.15) is 18.3 Å². The van der Waals surface area contributed by atoms with Crippen LogP contribution in [0.1, 0.15) is 58.0 Å². The molecule has 2 aliphatic rings. The Kier molecular flexibility index (Phi) is 6.05. The predicted octanol–water partition coefficient (Wildman–Crippen LogP) is 5.87. The Morgan fingerprint density at radius 2 is 1.72 bits per heavy atom. The zero-order chi connectivity index (χ0) is 25.6. The number of carboxylic acids is 1. The molecule has 1 aromatic heterocycles. The molecule has 188 valence electrons. The zero-order valence-electron chi connectivity index (χ0n) is 19.1. The quantitative estimate of drug-likeness (QED) is 0.428. The highest BCUT2D eigenvalue weighted by atomic mass is 19.4. The minimum absolute atomic E-state index is 0.0517. The minimum atomic E-state index is -4.41. The van der Waals surface area contributed by atoms with E-state index in [1.807, 2.05) is 0 Å². The van der Waals surface area contributed by atoms with Gasteiger partial charge < -0.3 is 10.0 Å². The fourth-order valence-corrected chi connectivity index (χ4v) is 4.78. The Balaban J connectivity index is 1.41. The molecule has 1 aliphatic carbocycles. The highest BCUT2D eigenvalue weighted by Crippen LogP contribution is 2.43. The molecule has 2 N–H and O–H groups in total. The second-order valence-corrected chi connectivity index (χ2v) is 9.32. The lowest BCUT2D eigenvalue weighted by Crippen LogP contribution is -2.44. The number of piperidine rings is 1. The van der Waals surface area contributed by atoms with Gasteiger partial charge in [0.1, 0.15) is 17.1 Å². The van der Waals surface area contributed by atoms with Crippen molar-refractivity contribution in [1.29, 1.82) is 0 Å². The third-order valence-electron chi connectivity index (χ3n) is 6.86. The molecule has 0 radical (unpaired) electrons. The molecule has 2 aromatic carbocycles. The van der Waals surface area contributed by atoms with Crippen LogP contribution in [0.2, 0.25) is 0 Å². The lowest BCUT2D eigenvalue weighted by molar-refractivity contribution is -0.184. The molecule has 1 amide bonds. The van der Waals surface area contributed by atoms with Crippen molar-refractivity contribution >= 4 is 11.9 Å². The molecule has 6 nitrogen and oxygen atoms in total. The van der Waals surface area contributed by atoms with Crippen LogP contribution in [0.5, 0.6) is 0 Å². The molecule has 10 heteroatoms. The Morgan fingerprint density at radius 1 is 1.03 bits per heavy atom. The number of carboxylic acid groups (broad SMARTS) is 1. The number of hydrogen-bond acceptors (Lipinski definition) is 3. The molecule has 1 aliphatic heterocycles. The van der Waals surface area contributed by atoms with Gasteiger partial charge in [0.15, 0.2) is 0 Å². The van der Waals surface area contributed by atoms with Gasteiger partial charge in [-0.25, -0.2) is 9.18 Å². The van der Waals surface area contributed by atoms with E-state index in [0.717, 1.165) is 17.7 Å². The molecule has 0 bridgehead atoms. The van der Waals surface area contributed by atoms with Crippen molar-refractivity contribution in [3.05, 3.63) is 65.1 Å². The summed E-state index contributed by atoms with van der Waals surface area (Å²) in [6, 6.07) is 10.7. The van der Waals surface area contributed by atoms with Gasteiger partial charge in [-0.05, 0) is 37.3 Å². The number of nitrogens with one attached hydrogen (secondary N) is 1. The number of carbonyl (C=O) groups excluding carboxylic acids is 1. The van der Waals surface area contributed by atoms with Crippen molar-refractivity contribution in [2.75, 3.05) is 13.1 Å². The van der Waals surface area contributed by atoms with E-state index < -0.39 is 36.3 Å². The number of rotatable bonds is 5. The monoisotopic (exact) mass is 501 g/mol. The van der Waals surface area contributed by atoms with Gasteiger partial charge in [0.25, 0.3) is 5.91 Å². The van der Waals surface area contributed by atoms with E-state index in [9.17, 15) is 27.9 Å². The van der Waals surface area contributed by atoms with Crippen LogP contribution in [0, 0.1) is 11.7 Å². The minimum Gasteiger partial charge on any atom is -0.478 e. The van der Waals surface area contributed by atoms with Crippen LogP contribution in [0.3, 0.4) is 0 Å². The van der Waals surface area contributed by atoms with E-state index >= 15 is 4.39 Å². The number of halogens is 4. The number of aromatic amines is 1. The van der Waals surface area contributed by atoms with Gasteiger partial charge in [0.2, 0.25) is 0 Å². The summed E-state index contributed by atoms with van der Waals surface area (Å²) in [5, 5.41) is 16.7. The Hall–Kier alpha value is -3.69. The topological polar surface area (TPSA) is 86.3 Å². The van der Waals surface area contributed by atoms with E-state index in [0.29, 0.717) is 22.5 Å². The van der Waals surface area contributed by atoms with Crippen molar-refractivity contribution in [3.63, 3.8) is 0 Å². The standard InChI is InChI=1S/C26H23F4N3O3/c27-21-18(4-1-5-19(21)24(34)33-12-2-3-17(13-33)26(28,29)30)14-6-8-15(9-7-14)22-20(25(35)36)23(32-31-22)16-10-11-16/h1,4-9,16-17H,2-3,10-13H2,(H,31,32)(H,35,36). The second kappa shape index (κ2) is 9.07. The van der Waals surface area contributed by atoms with Crippen LogP contribution in [0.25, 0.3) is 22.4 Å². The van der Waals surface area contributed by atoms with E-state index in [1.54, 1.807) is 24.3 Å². The average Bonchev–Trinajstić information content (AvgIpc) is 3.61. The molecule has 1 atom stereocenters. The molecule has 5 rings (SSSR count). The maximum atomic E-state index is 15.4. The van der Waals surface area contributed by atoms with Crippen molar-refractivity contribution in [3.8, 4) is 22.4 Å². The zero-order valence-corrected chi connectivity index (χ0v) is 19.1. The summed E-state index contributed by atoms with van der Waals surface area (Å²) in [7, 11) is 0. The third-order valence-corrected chi connectivity index (χ3v) is 6.86. The number of aromatic carboxylic acids is 1. The molecule has 1 unspecified atom stereocenters. The van der Waals surface area contributed by atoms with Crippen molar-refractivity contribution in [2.45, 2.75) is 37.8 Å². The number of likely N-dealkylation sites (tertiary alicyclic amines) is 1. The molecular weight excluding hydrogens is 478 g/mol. The van der Waals surface area contributed by atoms with Crippen LogP contribution >= 0.6 is 0 Å². The summed E-state index contributed by atoms with van der Waals surface area (Å²) in [6.07, 6.45) is -2.45. The molecule has 2 fully saturated rings. The molecule has 2 heterocycles. The summed E-state index contributed by atoms with van der Waals surface area (Å²) in [5.74, 6) is -4.11. The fraction of sp³-hybridized carbons (Fsp3) is 0.346. The van der Waals surface area contributed by atoms with E-state index in [4.69, 9.17) is 0 Å². The third kappa shape index (κ3) is 4.47. The first kappa shape index (κ1) is 24.0. The maximum absolute atomic E-state index is 15.4. The first-order valence-electron chi connectivity index (χ1n) is 11.7. The van der Waals surface area contributed by atoms with Crippen LogP contribution in [-0.2, 0) is 0 Å². The fourth-order valence-electron chi connectivity index (χ4n) is 4.78. The van der Waals surface area contributed by atoms with Gasteiger partial charge in [-0.1, -0.05) is 36.4 Å². The molecule has 36 heavy (non-hydrogen) atoms. The van der Waals surface area contributed by atoms with Gasteiger partial charge >= 0.3 is 12.1 Å². The van der Waals surface area contributed by atoms with Gasteiger partial charge in [-0.15, -0.1) is 0 Å². The number of amides is 1. The average molecular weight is 501 g/mol. The van der Waals surface area contributed by atoms with Crippen molar-refractivity contribution in [2.24, 2.45) is 5.92 Å². The molecule has 3 aromatic rings. The number of H-pyrrole nitrogens is 1. The van der Waals surface area contributed by atoms with Crippen molar-refractivity contribution < 1.29 is 32.3 Å². The SMILES string of the molecule is O=C(O)c1c(-c2ccc(-c3cccc(C(=O)N4CCCC(C(F)(F)F)C4)c3F)cc2)n[nH]c1C1CC1. The first-order valence-corrected chi connectivity index (χ1v) is 11.7. The van der Waals surface area contributed by atoms with Crippen molar-refractivity contribution in [1.82, 2.24) is 15.1 Å². The van der Waals surface area contributed by atoms with E-state index in [1.165, 1.54) is 18.2 Å². The maximum Gasteiger partial charge on any atom is 0.393 e. The van der Waals surface area contributed by atoms with Gasteiger partial charge in [0, 0.05) is 30.1 Å². The number of benzene rings is 2. The van der Waals surface area contributed by atoms with E-state index in [-0.39, 0.29) is 42.0 Å². The molecule has 1 saturated carbocycles. The number of carbonyl (C=O) groups is 2. The van der Waals surface area contributed by atoms with Crippen LogP contribution in [-0.4, -0.2) is 51.3 Å². The summed E-state index contributed by atoms with van der Waals surface area (Å²) in [4.78, 5) is 25.8. The largest absolute Gasteiger partial charge is 0.478 e. The predicted molar refractivity (Wildman–Crippen MR) is 123 cm³/mol. The Morgan fingerprint density at radius 3 is 2.36 bits per heavy atom. The van der Waals surface area contributed by atoms with Crippen LogP contribution in [0.15, 0.2) is 42.5 Å². The van der Waals surface area contributed by atoms with Gasteiger partial charge in [-0.3, -0.25) is 9.89 Å². The lowest BCUT2D eigenvalue weighted by atomic mass is 9.95. The lowest BCUT2D eigenvalue weighted by Gasteiger charge is -2.33. The summed E-state index contributed by atoms with van der Waals surface area (Å²) < 4.78 is 54.9. The van der Waals surface area contributed by atoms with Crippen LogP contribution < -0.4 is 0 Å². The number of hydrogen-bond donors (Lipinski definition) is 2. The van der Waals surface area contributed by atoms with Crippen LogP contribution in [0.4, 0.5) is 17.6 Å². The summed E-state index contributed by atoms with van der Waals surface area (Å²) in [6.45, 7) is -0.346. The second-order valence-electron chi connectivity index (χ2n) is 9.32. The Bertz CT molecular complexity index is 1310. The molecule has 0 spiro atoms. The molecule has 1 saturated heterocycles. The summed E-state index contributed by atoms with van der Waals surface area (Å²) >= 11 is 0. The smallest absolute Gasteiger partial charge is 0.393 e. The number of aromatic nitrogens is 2. The number of nitrogens with zero attached hydrogens (tertiary/aromatic N) is 2. The number of alkyl halides is 3. The summed E-state index contributed by atoms with van der Waals surface area (Å²) in [5.41, 5.74) is 1.84. The highest BCUT2D eigenvalue weighted by molar-refractivity contribution is 5.97.